The summed E-state index contributed by atoms with van der Waals surface area (Å²) in [6, 6.07) is 1.55. The topological polar surface area (TPSA) is 63.2 Å². The second kappa shape index (κ2) is 5.65. The Morgan fingerprint density at radius 2 is 2.26 bits per heavy atom. The van der Waals surface area contributed by atoms with Crippen molar-refractivity contribution < 1.29 is 9.59 Å². The number of aryl methyl sites for hydroxylation is 1. The molecule has 1 atom stereocenters. The summed E-state index contributed by atoms with van der Waals surface area (Å²) in [4.78, 5) is 33.2. The van der Waals surface area contributed by atoms with Crippen LogP contribution >= 0.6 is 11.6 Å². The molecule has 1 fully saturated rings. The molecule has 1 aromatic rings. The van der Waals surface area contributed by atoms with E-state index >= 15 is 0 Å². The monoisotopic (exact) mass is 281 g/mol. The maximum absolute atomic E-state index is 12.3. The highest BCUT2D eigenvalue weighted by atomic mass is 35.5. The number of rotatable bonds is 3. The third-order valence-electron chi connectivity index (χ3n) is 3.19. The predicted molar refractivity (Wildman–Crippen MR) is 70.8 cm³/mol. The number of hydrogen-bond donors (Lipinski definition) is 0. The van der Waals surface area contributed by atoms with Gasteiger partial charge in [0.05, 0.1) is 0 Å². The molecule has 2 heterocycles. The van der Waals surface area contributed by atoms with E-state index in [-0.39, 0.29) is 28.7 Å². The molecule has 1 aromatic heterocycles. The largest absolute Gasteiger partial charge is 0.279 e. The molecule has 0 N–H and O–H groups in total. The fraction of sp³-hybridized carbons (Fsp3) is 0.538. The fourth-order valence-electron chi connectivity index (χ4n) is 2.36. The number of likely N-dealkylation sites (tertiary alicyclic amines) is 1. The first-order valence-corrected chi connectivity index (χ1v) is 6.75. The van der Waals surface area contributed by atoms with E-state index in [1.165, 1.54) is 4.90 Å². The third kappa shape index (κ3) is 3.10. The maximum Gasteiger partial charge on any atom is 0.279 e. The second-order valence-electron chi connectivity index (χ2n) is 4.83. The lowest BCUT2D eigenvalue weighted by Gasteiger charge is -2.14. The number of carbonyl (C=O) groups is 2. The van der Waals surface area contributed by atoms with Crippen molar-refractivity contribution in [2.75, 3.05) is 6.54 Å². The molecule has 0 aliphatic carbocycles. The molecule has 0 aromatic carbocycles. The van der Waals surface area contributed by atoms with Crippen molar-refractivity contribution in [2.24, 2.45) is 5.92 Å². The summed E-state index contributed by atoms with van der Waals surface area (Å²) in [5.74, 6) is -0.244. The van der Waals surface area contributed by atoms with Gasteiger partial charge < -0.3 is 0 Å². The molecule has 2 rings (SSSR count). The van der Waals surface area contributed by atoms with Gasteiger partial charge in [0, 0.05) is 18.7 Å². The van der Waals surface area contributed by atoms with Gasteiger partial charge in [0.1, 0.15) is 5.69 Å². The first-order valence-electron chi connectivity index (χ1n) is 6.37. The first-order chi connectivity index (χ1) is 9.01. The number of imide groups is 1. The molecule has 1 aliphatic heterocycles. The highest BCUT2D eigenvalue weighted by Gasteiger charge is 2.34. The van der Waals surface area contributed by atoms with Crippen LogP contribution in [0.4, 0.5) is 0 Å². The molecule has 0 saturated carbocycles. The number of nitrogens with zero attached hydrogens (tertiary/aromatic N) is 3. The van der Waals surface area contributed by atoms with E-state index in [4.69, 9.17) is 11.6 Å². The maximum atomic E-state index is 12.3. The van der Waals surface area contributed by atoms with Gasteiger partial charge in [-0.1, -0.05) is 13.3 Å². The smallest absolute Gasteiger partial charge is 0.277 e. The average Bonchev–Trinajstić information content (AvgIpc) is 2.68. The Labute approximate surface area is 117 Å². The van der Waals surface area contributed by atoms with Crippen molar-refractivity contribution in [1.29, 1.82) is 0 Å². The zero-order valence-corrected chi connectivity index (χ0v) is 11.8. The zero-order chi connectivity index (χ0) is 14.0. The number of hydrogen-bond acceptors (Lipinski definition) is 4. The number of halogens is 1. The minimum absolute atomic E-state index is 0.0279. The third-order valence-corrected chi connectivity index (χ3v) is 3.36. The Bertz CT molecular complexity index is 498. The van der Waals surface area contributed by atoms with Crippen molar-refractivity contribution in [2.45, 2.75) is 33.1 Å². The Kier molecular flexibility index (Phi) is 4.14. The summed E-state index contributed by atoms with van der Waals surface area (Å²) in [5, 5.41) is 0.0279. The van der Waals surface area contributed by atoms with Gasteiger partial charge in [-0.05, 0) is 36.9 Å². The van der Waals surface area contributed by atoms with Crippen LogP contribution in [0.2, 0.25) is 5.28 Å². The molecule has 0 radical (unpaired) electrons. The summed E-state index contributed by atoms with van der Waals surface area (Å²) in [6.45, 7) is 4.28. The minimum Gasteiger partial charge on any atom is -0.277 e. The van der Waals surface area contributed by atoms with Crippen LogP contribution in [0.1, 0.15) is 42.4 Å². The Hall–Kier alpha value is -1.49. The van der Waals surface area contributed by atoms with E-state index in [9.17, 15) is 9.59 Å². The summed E-state index contributed by atoms with van der Waals surface area (Å²) in [7, 11) is 0. The van der Waals surface area contributed by atoms with Crippen molar-refractivity contribution in [3.8, 4) is 0 Å². The van der Waals surface area contributed by atoms with E-state index in [0.717, 1.165) is 12.8 Å². The molecule has 0 bridgehead atoms. The van der Waals surface area contributed by atoms with Gasteiger partial charge in [0.15, 0.2) is 0 Å². The molecule has 2 amide bonds. The summed E-state index contributed by atoms with van der Waals surface area (Å²) < 4.78 is 0. The SMILES string of the molecule is CCCC1CC(=O)N(C(=O)c2cc(C)nc(Cl)n2)C1. The van der Waals surface area contributed by atoms with Crippen LogP contribution in [-0.2, 0) is 4.79 Å². The van der Waals surface area contributed by atoms with Crippen LogP contribution in [0.25, 0.3) is 0 Å². The number of amides is 2. The van der Waals surface area contributed by atoms with Crippen molar-refractivity contribution in [3.63, 3.8) is 0 Å². The summed E-state index contributed by atoms with van der Waals surface area (Å²) in [5.41, 5.74) is 0.795. The first kappa shape index (κ1) is 13.9. The van der Waals surface area contributed by atoms with Gasteiger partial charge in [0.25, 0.3) is 5.91 Å². The molecule has 6 heteroatoms. The van der Waals surface area contributed by atoms with Crippen molar-refractivity contribution >= 4 is 23.4 Å². The van der Waals surface area contributed by atoms with Crippen LogP contribution in [0.3, 0.4) is 0 Å². The normalized spacial score (nSPS) is 19.0. The van der Waals surface area contributed by atoms with Gasteiger partial charge in [-0.15, -0.1) is 0 Å². The number of aromatic nitrogens is 2. The summed E-state index contributed by atoms with van der Waals surface area (Å²) in [6.07, 6.45) is 2.41. The van der Waals surface area contributed by atoms with Crippen LogP contribution < -0.4 is 0 Å². The van der Waals surface area contributed by atoms with Gasteiger partial charge in [0.2, 0.25) is 11.2 Å². The van der Waals surface area contributed by atoms with E-state index in [0.29, 0.717) is 18.7 Å². The molecule has 5 nitrogen and oxygen atoms in total. The van der Waals surface area contributed by atoms with E-state index in [1.54, 1.807) is 13.0 Å². The lowest BCUT2D eigenvalue weighted by molar-refractivity contribution is -0.125. The molecule has 1 saturated heterocycles. The number of carbonyl (C=O) groups excluding carboxylic acids is 2. The van der Waals surface area contributed by atoms with Gasteiger partial charge >= 0.3 is 0 Å². The second-order valence-corrected chi connectivity index (χ2v) is 5.17. The molecule has 1 unspecified atom stereocenters. The van der Waals surface area contributed by atoms with Gasteiger partial charge in [-0.25, -0.2) is 9.97 Å². The highest BCUT2D eigenvalue weighted by molar-refractivity contribution is 6.28. The van der Waals surface area contributed by atoms with E-state index in [1.807, 2.05) is 0 Å². The Morgan fingerprint density at radius 3 is 2.89 bits per heavy atom. The minimum atomic E-state index is -0.379. The molecule has 0 spiro atoms. The molecule has 19 heavy (non-hydrogen) atoms. The molecular weight excluding hydrogens is 266 g/mol. The van der Waals surface area contributed by atoms with E-state index < -0.39 is 0 Å². The lowest BCUT2D eigenvalue weighted by Crippen LogP contribution is -2.33. The van der Waals surface area contributed by atoms with Crippen molar-refractivity contribution in [1.82, 2.24) is 14.9 Å². The van der Waals surface area contributed by atoms with Crippen molar-refractivity contribution in [3.05, 3.63) is 22.7 Å². The standard InChI is InChI=1S/C13H16ClN3O2/c1-3-4-9-6-11(18)17(7-9)12(19)10-5-8(2)15-13(14)16-10/h5,9H,3-4,6-7H2,1-2H3. The fourth-order valence-corrected chi connectivity index (χ4v) is 2.58. The average molecular weight is 282 g/mol. The quantitative estimate of drug-likeness (QED) is 0.629. The predicted octanol–water partition coefficient (Wildman–Crippen LogP) is 2.23. The Balaban J connectivity index is 2.18. The Morgan fingerprint density at radius 1 is 1.53 bits per heavy atom. The van der Waals surface area contributed by atoms with Gasteiger partial charge in [-0.3, -0.25) is 14.5 Å². The van der Waals surface area contributed by atoms with Crippen LogP contribution in [0, 0.1) is 12.8 Å². The zero-order valence-electron chi connectivity index (χ0n) is 11.0. The van der Waals surface area contributed by atoms with Crippen LogP contribution in [-0.4, -0.2) is 33.2 Å². The van der Waals surface area contributed by atoms with Crippen LogP contribution in [0.15, 0.2) is 6.07 Å². The van der Waals surface area contributed by atoms with E-state index in [2.05, 4.69) is 16.9 Å². The molecule has 102 valence electrons. The van der Waals surface area contributed by atoms with Crippen LogP contribution in [0.5, 0.6) is 0 Å². The lowest BCUT2D eigenvalue weighted by atomic mass is 10.0. The summed E-state index contributed by atoms with van der Waals surface area (Å²) >= 11 is 5.74. The highest BCUT2D eigenvalue weighted by Crippen LogP contribution is 2.23. The van der Waals surface area contributed by atoms with Gasteiger partial charge in [-0.2, -0.15) is 0 Å². The molecular formula is C13H16ClN3O2. The molecule has 1 aliphatic rings.